The summed E-state index contributed by atoms with van der Waals surface area (Å²) in [5.41, 5.74) is 1.48. The van der Waals surface area contributed by atoms with Crippen LogP contribution in [-0.4, -0.2) is 40.6 Å². The number of carbonyl (C=O) groups excluding carboxylic acids is 1. The smallest absolute Gasteiger partial charge is 0.269 e. The van der Waals surface area contributed by atoms with Gasteiger partial charge in [0.1, 0.15) is 17.7 Å². The maximum Gasteiger partial charge on any atom is 0.269 e. The number of benzene rings is 1. The van der Waals surface area contributed by atoms with Crippen molar-refractivity contribution in [2.45, 2.75) is 77.3 Å². The molecule has 2 aliphatic heterocycles. The van der Waals surface area contributed by atoms with E-state index in [0.717, 1.165) is 16.9 Å². The third-order valence-corrected chi connectivity index (χ3v) is 13.1. The van der Waals surface area contributed by atoms with Crippen LogP contribution in [-0.2, 0) is 20.6 Å². The Bertz CT molecular complexity index is 988. The Labute approximate surface area is 206 Å². The highest BCUT2D eigenvalue weighted by atomic mass is 32.2. The number of amides is 1. The summed E-state index contributed by atoms with van der Waals surface area (Å²) in [5.74, 6) is -0.181. The van der Waals surface area contributed by atoms with Crippen LogP contribution in [0.3, 0.4) is 0 Å². The molecule has 33 heavy (non-hydrogen) atoms. The first kappa shape index (κ1) is 25.9. The van der Waals surface area contributed by atoms with Gasteiger partial charge in [0.2, 0.25) is 11.0 Å². The first-order chi connectivity index (χ1) is 15.3. The molecule has 7 nitrogen and oxygen atoms in total. The number of allylic oxidation sites excluding steroid dienone is 1. The molecule has 2 aliphatic rings. The highest BCUT2D eigenvalue weighted by Crippen LogP contribution is 2.52. The number of nitrogens with zero attached hydrogens (tertiary/aromatic N) is 2. The number of fused-ring (bicyclic) bond motifs is 1. The van der Waals surface area contributed by atoms with Gasteiger partial charge in [-0.1, -0.05) is 27.7 Å². The van der Waals surface area contributed by atoms with Crippen LogP contribution in [0.2, 0.25) is 18.1 Å². The lowest BCUT2D eigenvalue weighted by molar-refractivity contribution is -0.384. The molecular formula is C23H32N2O5S2Si. The van der Waals surface area contributed by atoms with E-state index in [1.54, 1.807) is 28.8 Å². The van der Waals surface area contributed by atoms with Gasteiger partial charge in [-0.05, 0) is 61.4 Å². The SMILES string of the molecule is CCC1=C(C(=S)OCc2ccc([N+](=O)[O-])cc2)N2C(=O)[C@@H]([C@H](C)O[Si](C)(C)C(C)(C)C)[C@H]2S1. The van der Waals surface area contributed by atoms with Gasteiger partial charge in [0, 0.05) is 17.0 Å². The minimum atomic E-state index is -2.00. The zero-order valence-corrected chi connectivity index (χ0v) is 22.8. The second kappa shape index (κ2) is 9.48. The molecule has 0 unspecified atom stereocenters. The average molecular weight is 509 g/mol. The molecule has 1 aromatic carbocycles. The lowest BCUT2D eigenvalue weighted by atomic mass is 9.92. The van der Waals surface area contributed by atoms with Crippen molar-refractivity contribution < 1.29 is 18.9 Å². The number of non-ortho nitro benzene ring substituents is 1. The molecule has 1 saturated heterocycles. The van der Waals surface area contributed by atoms with Crippen molar-refractivity contribution in [3.05, 3.63) is 50.5 Å². The Morgan fingerprint density at radius 3 is 2.42 bits per heavy atom. The van der Waals surface area contributed by atoms with Gasteiger partial charge in [-0.15, -0.1) is 11.8 Å². The Morgan fingerprint density at radius 2 is 1.91 bits per heavy atom. The number of nitro benzene ring substituents is 1. The maximum atomic E-state index is 13.2. The Kier molecular flexibility index (Phi) is 7.43. The van der Waals surface area contributed by atoms with E-state index < -0.39 is 13.2 Å². The van der Waals surface area contributed by atoms with Crippen molar-refractivity contribution in [2.75, 3.05) is 0 Å². The monoisotopic (exact) mass is 508 g/mol. The first-order valence-electron chi connectivity index (χ1n) is 11.1. The van der Waals surface area contributed by atoms with Crippen molar-refractivity contribution >= 4 is 48.9 Å². The largest absolute Gasteiger partial charge is 0.477 e. The molecule has 3 rings (SSSR count). The lowest BCUT2D eigenvalue weighted by Gasteiger charge is -2.48. The molecule has 0 saturated carbocycles. The molecule has 3 atom stereocenters. The topological polar surface area (TPSA) is 81.9 Å². The van der Waals surface area contributed by atoms with Crippen LogP contribution in [0.15, 0.2) is 34.9 Å². The molecule has 1 aromatic rings. The summed E-state index contributed by atoms with van der Waals surface area (Å²) < 4.78 is 12.4. The number of hydrogen-bond donors (Lipinski definition) is 0. The molecule has 2 heterocycles. The van der Waals surface area contributed by atoms with Gasteiger partial charge in [-0.2, -0.15) is 0 Å². The van der Waals surface area contributed by atoms with E-state index in [2.05, 4.69) is 33.9 Å². The highest BCUT2D eigenvalue weighted by Gasteiger charge is 2.58. The molecule has 10 heteroatoms. The molecule has 1 amide bonds. The van der Waals surface area contributed by atoms with Crippen molar-refractivity contribution in [2.24, 2.45) is 5.92 Å². The van der Waals surface area contributed by atoms with Crippen LogP contribution in [0.1, 0.15) is 46.6 Å². The standard InChI is InChI=1S/C23H32N2O5S2Si/c1-8-17-19(22(31)29-13-15-9-11-16(12-10-15)25(27)28)24-20(26)18(21(24)32-17)14(2)30-33(6,7)23(3,4)5/h9-12,14,18,21H,8,13H2,1-7H3/t14-,18+,21+/m0/s1. The number of β-lactam (4-membered cyclic amide) rings is 1. The fraction of sp³-hybridized carbons (Fsp3) is 0.565. The summed E-state index contributed by atoms with van der Waals surface area (Å²) in [6.07, 6.45) is 0.588. The molecule has 0 aromatic heterocycles. The number of rotatable bonds is 8. The first-order valence-corrected chi connectivity index (χ1v) is 15.3. The summed E-state index contributed by atoms with van der Waals surface area (Å²) in [7, 11) is -2.00. The quantitative estimate of drug-likeness (QED) is 0.140. The minimum absolute atomic E-state index is 0.0249. The third-order valence-electron chi connectivity index (χ3n) is 6.68. The van der Waals surface area contributed by atoms with Crippen molar-refractivity contribution in [1.29, 1.82) is 0 Å². The fourth-order valence-electron chi connectivity index (χ4n) is 3.73. The van der Waals surface area contributed by atoms with Crippen LogP contribution in [0, 0.1) is 16.0 Å². The van der Waals surface area contributed by atoms with E-state index in [0.29, 0.717) is 5.70 Å². The number of thiocarbonyl (C=S) groups is 1. The summed E-state index contributed by atoms with van der Waals surface area (Å²) >= 11 is 7.24. The van der Waals surface area contributed by atoms with E-state index in [4.69, 9.17) is 21.4 Å². The van der Waals surface area contributed by atoms with E-state index in [-0.39, 0.29) is 45.7 Å². The summed E-state index contributed by atoms with van der Waals surface area (Å²) in [6.45, 7) is 15.2. The molecular weight excluding hydrogens is 476 g/mol. The van der Waals surface area contributed by atoms with Gasteiger partial charge >= 0.3 is 0 Å². The van der Waals surface area contributed by atoms with E-state index >= 15 is 0 Å². The highest BCUT2D eigenvalue weighted by molar-refractivity contribution is 8.04. The van der Waals surface area contributed by atoms with Gasteiger partial charge in [0.15, 0.2) is 8.32 Å². The van der Waals surface area contributed by atoms with Gasteiger partial charge in [0.05, 0.1) is 16.9 Å². The predicted molar refractivity (Wildman–Crippen MR) is 137 cm³/mol. The Morgan fingerprint density at radius 1 is 1.30 bits per heavy atom. The van der Waals surface area contributed by atoms with E-state index in [9.17, 15) is 14.9 Å². The third kappa shape index (κ3) is 5.03. The number of carbonyl (C=O) groups is 1. The van der Waals surface area contributed by atoms with Crippen LogP contribution in [0.4, 0.5) is 5.69 Å². The lowest BCUT2D eigenvalue weighted by Crippen LogP contribution is -2.62. The maximum absolute atomic E-state index is 13.2. The Hall–Kier alpha value is -1.75. The second-order valence-electron chi connectivity index (χ2n) is 9.95. The molecule has 180 valence electrons. The van der Waals surface area contributed by atoms with Crippen molar-refractivity contribution in [1.82, 2.24) is 4.90 Å². The van der Waals surface area contributed by atoms with E-state index in [1.807, 2.05) is 13.8 Å². The molecule has 0 aliphatic carbocycles. The molecule has 0 spiro atoms. The van der Waals surface area contributed by atoms with Gasteiger partial charge in [0.25, 0.3) is 5.69 Å². The molecule has 0 bridgehead atoms. The van der Waals surface area contributed by atoms with Crippen LogP contribution in [0.25, 0.3) is 0 Å². The Balaban J connectivity index is 1.68. The van der Waals surface area contributed by atoms with E-state index in [1.165, 1.54) is 12.1 Å². The van der Waals surface area contributed by atoms with Crippen LogP contribution in [0.5, 0.6) is 0 Å². The van der Waals surface area contributed by atoms with Crippen molar-refractivity contribution in [3.8, 4) is 0 Å². The second-order valence-corrected chi connectivity index (χ2v) is 16.3. The van der Waals surface area contributed by atoms with Gasteiger partial charge in [-0.3, -0.25) is 19.8 Å². The fourth-order valence-corrected chi connectivity index (χ4v) is 7.06. The molecule has 0 N–H and O–H groups in total. The van der Waals surface area contributed by atoms with Crippen LogP contribution >= 0.6 is 24.0 Å². The van der Waals surface area contributed by atoms with Gasteiger partial charge in [-0.25, -0.2) is 0 Å². The molecule has 0 radical (unpaired) electrons. The number of ether oxygens (including phenoxy) is 1. The summed E-state index contributed by atoms with van der Waals surface area (Å²) in [4.78, 5) is 26.4. The zero-order valence-electron chi connectivity index (χ0n) is 20.2. The molecule has 1 fully saturated rings. The number of thioether (sulfide) groups is 1. The number of hydrogen-bond acceptors (Lipinski definition) is 7. The zero-order chi connectivity index (χ0) is 24.7. The number of nitro groups is 1. The average Bonchev–Trinajstić information content (AvgIpc) is 3.05. The van der Waals surface area contributed by atoms with Crippen LogP contribution < -0.4 is 0 Å². The van der Waals surface area contributed by atoms with Gasteiger partial charge < -0.3 is 9.16 Å². The van der Waals surface area contributed by atoms with Crippen molar-refractivity contribution in [3.63, 3.8) is 0 Å². The minimum Gasteiger partial charge on any atom is -0.477 e. The predicted octanol–water partition coefficient (Wildman–Crippen LogP) is 6.00. The normalized spacial score (nSPS) is 21.5. The summed E-state index contributed by atoms with van der Waals surface area (Å²) in [6, 6.07) is 6.17. The summed E-state index contributed by atoms with van der Waals surface area (Å²) in [5, 5.41) is 11.2.